The van der Waals surface area contributed by atoms with Gasteiger partial charge in [-0.3, -0.25) is 14.5 Å². The van der Waals surface area contributed by atoms with Gasteiger partial charge >= 0.3 is 0 Å². The Morgan fingerprint density at radius 3 is 2.38 bits per heavy atom. The van der Waals surface area contributed by atoms with Crippen LogP contribution < -0.4 is 9.64 Å². The van der Waals surface area contributed by atoms with E-state index in [1.54, 1.807) is 4.90 Å². The van der Waals surface area contributed by atoms with Crippen molar-refractivity contribution in [2.75, 3.05) is 50.7 Å². The lowest BCUT2D eigenvalue weighted by atomic mass is 10.1. The van der Waals surface area contributed by atoms with Crippen LogP contribution in [-0.4, -0.2) is 73.0 Å². The maximum atomic E-state index is 12.5. The van der Waals surface area contributed by atoms with Gasteiger partial charge in [-0.2, -0.15) is 0 Å². The zero-order valence-electron chi connectivity index (χ0n) is 19.7. The average molecular weight is 463 g/mol. The van der Waals surface area contributed by atoms with Crippen LogP contribution >= 0.6 is 0 Å². The maximum Gasteiger partial charge on any atom is 0.222 e. The van der Waals surface area contributed by atoms with Crippen molar-refractivity contribution in [3.8, 4) is 11.5 Å². The third-order valence-electron chi connectivity index (χ3n) is 6.41. The quantitative estimate of drug-likeness (QED) is 0.571. The van der Waals surface area contributed by atoms with Crippen molar-refractivity contribution in [2.24, 2.45) is 0 Å². The Kier molecular flexibility index (Phi) is 8.31. The van der Waals surface area contributed by atoms with Gasteiger partial charge in [-0.15, -0.1) is 0 Å². The molecule has 0 aliphatic carbocycles. The summed E-state index contributed by atoms with van der Waals surface area (Å²) < 4.78 is 6.12. The van der Waals surface area contributed by atoms with Crippen molar-refractivity contribution >= 4 is 23.1 Å². The Balaban J connectivity index is 1.25. The standard InChI is InChI=1S/C27H34N4O3/c28-22(19-23(32)21-31-14-8-2-5-13-27(31)33)20-29-15-17-30(18-16-29)25-11-6-7-12-26(25)34-24-9-3-1-4-10-24/h1,3-4,6-7,9-12,28H,2,5,8,13-21H2. The van der Waals surface area contributed by atoms with Gasteiger partial charge in [0.05, 0.1) is 12.2 Å². The number of ether oxygens (including phenoxy) is 1. The Morgan fingerprint density at radius 2 is 1.59 bits per heavy atom. The average Bonchev–Trinajstić information content (AvgIpc) is 3.04. The minimum atomic E-state index is -0.0362. The first-order chi connectivity index (χ1) is 16.6. The van der Waals surface area contributed by atoms with Gasteiger partial charge in [-0.1, -0.05) is 36.8 Å². The summed E-state index contributed by atoms with van der Waals surface area (Å²) >= 11 is 0. The number of benzene rings is 2. The van der Waals surface area contributed by atoms with Crippen LogP contribution in [0.3, 0.4) is 0 Å². The Morgan fingerprint density at radius 1 is 0.853 bits per heavy atom. The third-order valence-corrected chi connectivity index (χ3v) is 6.41. The molecule has 4 rings (SSSR count). The number of amides is 1. The van der Waals surface area contributed by atoms with Crippen molar-refractivity contribution in [1.29, 1.82) is 5.41 Å². The summed E-state index contributed by atoms with van der Waals surface area (Å²) in [6.07, 6.45) is 3.57. The monoisotopic (exact) mass is 462 g/mol. The first kappa shape index (κ1) is 24.0. The number of likely N-dealkylation sites (tertiary alicyclic amines) is 1. The van der Waals surface area contributed by atoms with E-state index in [4.69, 9.17) is 10.1 Å². The van der Waals surface area contributed by atoms with Crippen LogP contribution in [0.4, 0.5) is 5.69 Å². The van der Waals surface area contributed by atoms with Crippen molar-refractivity contribution in [1.82, 2.24) is 9.80 Å². The van der Waals surface area contributed by atoms with Crippen molar-refractivity contribution in [2.45, 2.75) is 32.1 Å². The predicted octanol–water partition coefficient (Wildman–Crippen LogP) is 3.98. The van der Waals surface area contributed by atoms with Crippen LogP contribution in [0.5, 0.6) is 11.5 Å². The highest BCUT2D eigenvalue weighted by Gasteiger charge is 2.23. The zero-order valence-corrected chi connectivity index (χ0v) is 19.7. The predicted molar refractivity (Wildman–Crippen MR) is 134 cm³/mol. The van der Waals surface area contributed by atoms with E-state index in [9.17, 15) is 9.59 Å². The molecule has 0 unspecified atom stereocenters. The number of hydrogen-bond acceptors (Lipinski definition) is 6. The van der Waals surface area contributed by atoms with Gasteiger partial charge in [0.15, 0.2) is 11.5 Å². The summed E-state index contributed by atoms with van der Waals surface area (Å²) in [5, 5.41) is 8.34. The highest BCUT2D eigenvalue weighted by Crippen LogP contribution is 2.32. The number of hydrogen-bond donors (Lipinski definition) is 1. The first-order valence-corrected chi connectivity index (χ1v) is 12.2. The number of carbonyl (C=O) groups is 2. The number of ketones is 1. The summed E-state index contributed by atoms with van der Waals surface area (Å²) in [5.41, 5.74) is 1.49. The van der Waals surface area contributed by atoms with Gasteiger partial charge in [0.2, 0.25) is 5.91 Å². The van der Waals surface area contributed by atoms with E-state index >= 15 is 0 Å². The van der Waals surface area contributed by atoms with Gasteiger partial charge in [-0.05, 0) is 37.1 Å². The second-order valence-corrected chi connectivity index (χ2v) is 9.09. The molecule has 7 nitrogen and oxygen atoms in total. The highest BCUT2D eigenvalue weighted by atomic mass is 16.5. The molecule has 1 amide bonds. The fraction of sp³-hybridized carbons (Fsp3) is 0.444. The van der Waals surface area contributed by atoms with E-state index < -0.39 is 0 Å². The van der Waals surface area contributed by atoms with Crippen LogP contribution in [0.1, 0.15) is 32.1 Å². The number of nitrogens with zero attached hydrogens (tertiary/aromatic N) is 3. The molecule has 0 aromatic heterocycles. The third kappa shape index (κ3) is 6.67. The molecule has 0 bridgehead atoms. The lowest BCUT2D eigenvalue weighted by molar-refractivity contribution is -0.134. The number of carbonyl (C=O) groups excluding carboxylic acids is 2. The second kappa shape index (κ2) is 11.8. The SMILES string of the molecule is N=C(CC(=O)CN1CCCCCC1=O)CN1CCN(c2ccccc2Oc2ccccc2)CC1. The molecule has 2 fully saturated rings. The molecule has 1 N–H and O–H groups in total. The molecule has 2 aromatic carbocycles. The molecule has 0 spiro atoms. The second-order valence-electron chi connectivity index (χ2n) is 9.09. The van der Waals surface area contributed by atoms with E-state index in [0.717, 1.165) is 62.6 Å². The van der Waals surface area contributed by atoms with Crippen LogP contribution in [0, 0.1) is 5.41 Å². The summed E-state index contributed by atoms with van der Waals surface area (Å²) in [7, 11) is 0. The number of Topliss-reactive ketones (excluding diaryl/α,β-unsaturated/α-hetero) is 1. The Labute approximate surface area is 201 Å². The summed E-state index contributed by atoms with van der Waals surface area (Å²) in [6.45, 7) is 4.61. The molecule has 180 valence electrons. The van der Waals surface area contributed by atoms with Crippen LogP contribution in [0.25, 0.3) is 0 Å². The highest BCUT2D eigenvalue weighted by molar-refractivity contribution is 6.03. The molecule has 2 heterocycles. The largest absolute Gasteiger partial charge is 0.455 e. The van der Waals surface area contributed by atoms with E-state index in [0.29, 0.717) is 25.2 Å². The molecule has 2 aliphatic heterocycles. The minimum Gasteiger partial charge on any atom is -0.455 e. The van der Waals surface area contributed by atoms with Gasteiger partial charge in [0.1, 0.15) is 5.75 Å². The number of para-hydroxylation sites is 3. The van der Waals surface area contributed by atoms with Crippen LogP contribution in [-0.2, 0) is 9.59 Å². The maximum absolute atomic E-state index is 12.5. The van der Waals surface area contributed by atoms with Gasteiger partial charge < -0.3 is 19.9 Å². The lowest BCUT2D eigenvalue weighted by Gasteiger charge is -2.36. The molecule has 0 saturated carbocycles. The molecular weight excluding hydrogens is 428 g/mol. The summed E-state index contributed by atoms with van der Waals surface area (Å²) in [6, 6.07) is 17.9. The van der Waals surface area contributed by atoms with Crippen molar-refractivity contribution in [3.63, 3.8) is 0 Å². The first-order valence-electron chi connectivity index (χ1n) is 12.2. The lowest BCUT2D eigenvalue weighted by Crippen LogP contribution is -2.48. The van der Waals surface area contributed by atoms with E-state index in [2.05, 4.69) is 15.9 Å². The zero-order chi connectivity index (χ0) is 23.8. The van der Waals surface area contributed by atoms with E-state index in [1.807, 2.05) is 48.5 Å². The van der Waals surface area contributed by atoms with E-state index in [1.165, 1.54) is 0 Å². The van der Waals surface area contributed by atoms with E-state index in [-0.39, 0.29) is 24.7 Å². The number of piperazine rings is 1. The molecule has 2 aliphatic rings. The summed E-state index contributed by atoms with van der Waals surface area (Å²) in [4.78, 5) is 30.8. The van der Waals surface area contributed by atoms with Crippen molar-refractivity contribution in [3.05, 3.63) is 54.6 Å². The molecule has 34 heavy (non-hydrogen) atoms. The Bertz CT molecular complexity index is 986. The molecule has 2 saturated heterocycles. The van der Waals surface area contributed by atoms with Gasteiger partial charge in [0, 0.05) is 57.8 Å². The van der Waals surface area contributed by atoms with Crippen LogP contribution in [0.2, 0.25) is 0 Å². The number of rotatable bonds is 9. The number of nitrogens with one attached hydrogen (secondary N) is 1. The molecule has 2 aromatic rings. The van der Waals surface area contributed by atoms with Crippen LogP contribution in [0.15, 0.2) is 54.6 Å². The topological polar surface area (TPSA) is 76.9 Å². The fourth-order valence-corrected chi connectivity index (χ4v) is 4.61. The molecule has 0 atom stereocenters. The minimum absolute atomic E-state index is 0.0362. The normalized spacial score (nSPS) is 17.4. The number of anilines is 1. The molecule has 7 heteroatoms. The van der Waals surface area contributed by atoms with Gasteiger partial charge in [0.25, 0.3) is 0 Å². The molecular formula is C27H34N4O3. The fourth-order valence-electron chi connectivity index (χ4n) is 4.61. The van der Waals surface area contributed by atoms with Gasteiger partial charge in [-0.25, -0.2) is 0 Å². The Hall–Kier alpha value is -3.19. The smallest absolute Gasteiger partial charge is 0.222 e. The van der Waals surface area contributed by atoms with Crippen molar-refractivity contribution < 1.29 is 14.3 Å². The summed E-state index contributed by atoms with van der Waals surface area (Å²) in [5.74, 6) is 1.69. The molecule has 0 radical (unpaired) electrons.